The van der Waals surface area contributed by atoms with Crippen LogP contribution in [0.4, 0.5) is 0 Å². The van der Waals surface area contributed by atoms with E-state index < -0.39 is 18.0 Å². The second kappa shape index (κ2) is 9.46. The van der Waals surface area contributed by atoms with E-state index >= 15 is 0 Å². The molecule has 2 unspecified atom stereocenters. The summed E-state index contributed by atoms with van der Waals surface area (Å²) in [6.45, 7) is 1.66. The van der Waals surface area contributed by atoms with E-state index in [1.807, 2.05) is 30.3 Å². The molecule has 0 saturated heterocycles. The van der Waals surface area contributed by atoms with E-state index in [9.17, 15) is 14.7 Å². The summed E-state index contributed by atoms with van der Waals surface area (Å²) >= 11 is 0. The zero-order valence-electron chi connectivity index (χ0n) is 14.8. The average molecular weight is 357 g/mol. The maximum atomic E-state index is 12.2. The van der Waals surface area contributed by atoms with E-state index in [2.05, 4.69) is 5.32 Å². The zero-order valence-corrected chi connectivity index (χ0v) is 14.8. The maximum absolute atomic E-state index is 12.2. The van der Waals surface area contributed by atoms with Crippen LogP contribution in [0, 0.1) is 5.92 Å². The molecule has 26 heavy (non-hydrogen) atoms. The fourth-order valence-corrected chi connectivity index (χ4v) is 2.42. The minimum absolute atomic E-state index is 0.0410. The van der Waals surface area contributed by atoms with Crippen LogP contribution in [0.5, 0.6) is 11.5 Å². The van der Waals surface area contributed by atoms with Gasteiger partial charge in [0, 0.05) is 6.54 Å². The fourth-order valence-electron chi connectivity index (χ4n) is 2.42. The Hall–Kier alpha value is -3.02. The summed E-state index contributed by atoms with van der Waals surface area (Å²) in [5.41, 5.74) is 0.914. The molecule has 0 aliphatic rings. The van der Waals surface area contributed by atoms with Crippen LogP contribution in [0.15, 0.2) is 54.6 Å². The molecular formula is C20H23NO5. The number of hydrogen-bond donors (Lipinski definition) is 2. The van der Waals surface area contributed by atoms with Gasteiger partial charge in [-0.15, -0.1) is 0 Å². The minimum Gasteiger partial charge on any atom is -0.497 e. The molecule has 6 nitrogen and oxygen atoms in total. The van der Waals surface area contributed by atoms with Crippen LogP contribution in [0.25, 0.3) is 0 Å². The van der Waals surface area contributed by atoms with E-state index in [0.717, 1.165) is 5.56 Å². The van der Waals surface area contributed by atoms with Crippen molar-refractivity contribution in [3.8, 4) is 11.5 Å². The third-order valence-electron chi connectivity index (χ3n) is 3.94. The molecule has 1 amide bonds. The number of methoxy groups -OCH3 is 1. The first-order valence-corrected chi connectivity index (χ1v) is 8.34. The molecule has 0 aliphatic heterocycles. The lowest BCUT2D eigenvalue weighted by Crippen LogP contribution is -2.40. The Bertz CT molecular complexity index is 715. The summed E-state index contributed by atoms with van der Waals surface area (Å²) in [6, 6.07) is 16.2. The summed E-state index contributed by atoms with van der Waals surface area (Å²) in [6.07, 6.45) is -0.390. The molecule has 0 aromatic heterocycles. The summed E-state index contributed by atoms with van der Waals surface area (Å²) < 4.78 is 10.6. The first-order chi connectivity index (χ1) is 12.5. The number of amides is 1. The molecule has 6 heteroatoms. The molecule has 0 saturated carbocycles. The highest BCUT2D eigenvalue weighted by Gasteiger charge is 2.21. The van der Waals surface area contributed by atoms with Gasteiger partial charge in [-0.25, -0.2) is 0 Å². The third kappa shape index (κ3) is 5.81. The Morgan fingerprint density at radius 2 is 1.65 bits per heavy atom. The van der Waals surface area contributed by atoms with Crippen LogP contribution in [0.3, 0.4) is 0 Å². The van der Waals surface area contributed by atoms with E-state index in [1.54, 1.807) is 38.3 Å². The Balaban J connectivity index is 1.86. The predicted molar refractivity (Wildman–Crippen MR) is 97.4 cm³/mol. The van der Waals surface area contributed by atoms with Crippen LogP contribution in [-0.2, 0) is 16.0 Å². The Morgan fingerprint density at radius 3 is 2.23 bits per heavy atom. The summed E-state index contributed by atoms with van der Waals surface area (Å²) in [5.74, 6) is -0.778. The van der Waals surface area contributed by atoms with Gasteiger partial charge in [0.1, 0.15) is 11.5 Å². The van der Waals surface area contributed by atoms with Gasteiger partial charge in [0.05, 0.1) is 13.0 Å². The third-order valence-corrected chi connectivity index (χ3v) is 3.94. The highest BCUT2D eigenvalue weighted by Crippen LogP contribution is 2.18. The van der Waals surface area contributed by atoms with Gasteiger partial charge in [-0.1, -0.05) is 30.3 Å². The molecule has 2 N–H and O–H groups in total. The van der Waals surface area contributed by atoms with Crippen molar-refractivity contribution in [2.45, 2.75) is 19.4 Å². The molecule has 0 bridgehead atoms. The van der Waals surface area contributed by atoms with Gasteiger partial charge in [-0.3, -0.25) is 9.59 Å². The molecule has 0 aliphatic carbocycles. The first kappa shape index (κ1) is 19.3. The molecule has 0 radical (unpaired) electrons. The number of carboxylic acids is 1. The van der Waals surface area contributed by atoms with E-state index in [4.69, 9.17) is 9.47 Å². The van der Waals surface area contributed by atoms with E-state index in [-0.39, 0.29) is 12.5 Å². The SMILES string of the molecule is COc1ccc(OC(C)C(=O)NCC(Cc2ccccc2)C(=O)O)cc1. The number of aliphatic carboxylic acids is 1. The van der Waals surface area contributed by atoms with Gasteiger partial charge in [0.2, 0.25) is 0 Å². The number of nitrogens with one attached hydrogen (secondary N) is 1. The summed E-state index contributed by atoms with van der Waals surface area (Å²) in [4.78, 5) is 23.6. The van der Waals surface area contributed by atoms with Gasteiger partial charge in [0.25, 0.3) is 5.91 Å². The Morgan fingerprint density at radius 1 is 1.04 bits per heavy atom. The predicted octanol–water partition coefficient (Wildman–Crippen LogP) is 2.52. The quantitative estimate of drug-likeness (QED) is 0.720. The van der Waals surface area contributed by atoms with Gasteiger partial charge in [-0.05, 0) is 43.2 Å². The number of carbonyl (C=O) groups excluding carboxylic acids is 1. The highest BCUT2D eigenvalue weighted by molar-refractivity contribution is 5.81. The maximum Gasteiger partial charge on any atom is 0.308 e. The largest absolute Gasteiger partial charge is 0.497 e. The molecule has 0 heterocycles. The van der Waals surface area contributed by atoms with Crippen LogP contribution in [0.2, 0.25) is 0 Å². The van der Waals surface area contributed by atoms with Gasteiger partial charge >= 0.3 is 5.97 Å². The standard InChI is InChI=1S/C20H23NO5/c1-14(26-18-10-8-17(25-2)9-11-18)19(22)21-13-16(20(23)24)12-15-6-4-3-5-7-15/h3-11,14,16H,12-13H2,1-2H3,(H,21,22)(H,23,24). The van der Waals surface area contributed by atoms with E-state index in [1.165, 1.54) is 0 Å². The monoisotopic (exact) mass is 357 g/mol. The lowest BCUT2D eigenvalue weighted by molar-refractivity contribution is -0.141. The van der Waals surface area contributed by atoms with Crippen molar-refractivity contribution in [2.75, 3.05) is 13.7 Å². The van der Waals surface area contributed by atoms with Crippen molar-refractivity contribution in [2.24, 2.45) is 5.92 Å². The van der Waals surface area contributed by atoms with Crippen molar-refractivity contribution in [1.82, 2.24) is 5.32 Å². The second-order valence-electron chi connectivity index (χ2n) is 5.91. The number of hydrogen-bond acceptors (Lipinski definition) is 4. The van der Waals surface area contributed by atoms with Gasteiger partial charge in [-0.2, -0.15) is 0 Å². The second-order valence-corrected chi connectivity index (χ2v) is 5.91. The van der Waals surface area contributed by atoms with Gasteiger partial charge in [0.15, 0.2) is 6.10 Å². The van der Waals surface area contributed by atoms with Crippen molar-refractivity contribution < 1.29 is 24.2 Å². The number of ether oxygens (including phenoxy) is 2. The molecule has 0 spiro atoms. The summed E-state index contributed by atoms with van der Waals surface area (Å²) in [7, 11) is 1.57. The molecule has 2 rings (SSSR count). The molecular weight excluding hydrogens is 334 g/mol. The normalized spacial score (nSPS) is 12.7. The molecule has 138 valence electrons. The van der Waals surface area contributed by atoms with Crippen LogP contribution in [-0.4, -0.2) is 36.7 Å². The van der Waals surface area contributed by atoms with Gasteiger partial charge < -0.3 is 19.9 Å². The number of rotatable bonds is 9. The van der Waals surface area contributed by atoms with Crippen molar-refractivity contribution >= 4 is 11.9 Å². The molecule has 2 atom stereocenters. The number of carbonyl (C=O) groups is 2. The molecule has 2 aromatic carbocycles. The first-order valence-electron chi connectivity index (χ1n) is 8.34. The van der Waals surface area contributed by atoms with Crippen LogP contribution < -0.4 is 14.8 Å². The number of benzene rings is 2. The highest BCUT2D eigenvalue weighted by atomic mass is 16.5. The lowest BCUT2D eigenvalue weighted by Gasteiger charge is -2.17. The molecule has 2 aromatic rings. The zero-order chi connectivity index (χ0) is 18.9. The fraction of sp³-hybridized carbons (Fsp3) is 0.300. The minimum atomic E-state index is -0.946. The van der Waals surface area contributed by atoms with E-state index in [0.29, 0.717) is 17.9 Å². The van der Waals surface area contributed by atoms with Crippen LogP contribution in [0.1, 0.15) is 12.5 Å². The van der Waals surface area contributed by atoms with Crippen LogP contribution >= 0.6 is 0 Å². The smallest absolute Gasteiger partial charge is 0.308 e. The van der Waals surface area contributed by atoms with Crippen molar-refractivity contribution in [3.05, 3.63) is 60.2 Å². The van der Waals surface area contributed by atoms with Crippen molar-refractivity contribution in [1.29, 1.82) is 0 Å². The average Bonchev–Trinajstić information content (AvgIpc) is 2.66. The topological polar surface area (TPSA) is 84.9 Å². The lowest BCUT2D eigenvalue weighted by atomic mass is 9.99. The van der Waals surface area contributed by atoms with Crippen molar-refractivity contribution in [3.63, 3.8) is 0 Å². The summed E-state index contributed by atoms with van der Waals surface area (Å²) in [5, 5.41) is 12.0. The Labute approximate surface area is 152 Å². The number of carboxylic acid groups (broad SMARTS) is 1. The molecule has 0 fully saturated rings. The Kier molecular flexibility index (Phi) is 7.02.